The van der Waals surface area contributed by atoms with Crippen molar-refractivity contribution in [1.29, 1.82) is 0 Å². The predicted molar refractivity (Wildman–Crippen MR) is 110 cm³/mol. The first-order valence-corrected chi connectivity index (χ1v) is 8.93. The molecule has 10 heteroatoms. The monoisotopic (exact) mass is 411 g/mol. The molecule has 0 bridgehead atoms. The molecule has 0 aliphatic heterocycles. The number of non-ortho nitro benzene ring substituents is 1. The zero-order chi connectivity index (χ0) is 21.7. The van der Waals surface area contributed by atoms with E-state index in [0.717, 1.165) is 0 Å². The van der Waals surface area contributed by atoms with Gasteiger partial charge in [0.1, 0.15) is 23.4 Å². The number of nitrogens with one attached hydrogen (secondary N) is 2. The topological polar surface area (TPSA) is 121 Å². The number of anilines is 1. The van der Waals surface area contributed by atoms with Crippen LogP contribution in [0.3, 0.4) is 0 Å². The predicted octanol–water partition coefficient (Wildman–Crippen LogP) is 3.26. The molecule has 3 aromatic rings. The Bertz CT molecular complexity index is 1040. The van der Waals surface area contributed by atoms with Crippen molar-refractivity contribution in [2.45, 2.75) is 6.04 Å². The molecule has 2 amide bonds. The Morgan fingerprint density at radius 2 is 1.87 bits per heavy atom. The van der Waals surface area contributed by atoms with Gasteiger partial charge >= 0.3 is 6.03 Å². The second-order valence-electron chi connectivity index (χ2n) is 6.38. The third-order valence-electron chi connectivity index (χ3n) is 4.41. The lowest BCUT2D eigenvalue weighted by atomic mass is 10.1. The summed E-state index contributed by atoms with van der Waals surface area (Å²) in [5.41, 5.74) is 0.865. The number of nitrogens with zero attached hydrogens (tertiary/aromatic N) is 3. The number of aromatic nitrogens is 2. The van der Waals surface area contributed by atoms with Crippen molar-refractivity contribution in [3.8, 4) is 11.5 Å². The number of nitro benzene ring substituents is 1. The molecule has 30 heavy (non-hydrogen) atoms. The molecule has 1 heterocycles. The standard InChI is InChI=1S/C20H21N5O5/c1-24-8-7-21-19(24)18(13-9-16(29-2)12-17(10-13)30-3)23-20(26)22-14-5-4-6-15(11-14)25(27)28/h4-12,18H,1-3H3,(H2,22,23,26)/t18-/m1/s1. The van der Waals surface area contributed by atoms with E-state index in [4.69, 9.17) is 9.47 Å². The lowest BCUT2D eigenvalue weighted by Gasteiger charge is -2.21. The van der Waals surface area contributed by atoms with Gasteiger partial charge in [-0.05, 0) is 23.8 Å². The number of urea groups is 1. The maximum absolute atomic E-state index is 12.7. The van der Waals surface area contributed by atoms with Crippen LogP contribution < -0.4 is 20.1 Å². The van der Waals surface area contributed by atoms with Gasteiger partial charge in [-0.1, -0.05) is 6.07 Å². The Morgan fingerprint density at radius 3 is 2.43 bits per heavy atom. The highest BCUT2D eigenvalue weighted by atomic mass is 16.6. The van der Waals surface area contributed by atoms with Crippen LogP contribution in [0.1, 0.15) is 17.4 Å². The van der Waals surface area contributed by atoms with Gasteiger partial charge in [-0.25, -0.2) is 9.78 Å². The quantitative estimate of drug-likeness (QED) is 0.455. The van der Waals surface area contributed by atoms with E-state index >= 15 is 0 Å². The lowest BCUT2D eigenvalue weighted by Crippen LogP contribution is -2.34. The smallest absolute Gasteiger partial charge is 0.320 e. The van der Waals surface area contributed by atoms with Crippen LogP contribution in [0.25, 0.3) is 0 Å². The van der Waals surface area contributed by atoms with Crippen LogP contribution in [0, 0.1) is 10.1 Å². The number of nitro groups is 1. The number of rotatable bonds is 7. The Hall–Kier alpha value is -4.08. The highest BCUT2D eigenvalue weighted by Crippen LogP contribution is 2.29. The van der Waals surface area contributed by atoms with Crippen molar-refractivity contribution in [2.24, 2.45) is 7.05 Å². The summed E-state index contributed by atoms with van der Waals surface area (Å²) in [7, 11) is 4.89. The van der Waals surface area contributed by atoms with Gasteiger partial charge in [-0.3, -0.25) is 10.1 Å². The lowest BCUT2D eigenvalue weighted by molar-refractivity contribution is -0.384. The number of imidazole rings is 1. The molecule has 0 radical (unpaired) electrons. The summed E-state index contributed by atoms with van der Waals surface area (Å²) in [5.74, 6) is 1.70. The molecule has 2 N–H and O–H groups in total. The van der Waals surface area contributed by atoms with Gasteiger partial charge in [0.2, 0.25) is 0 Å². The van der Waals surface area contributed by atoms with E-state index in [9.17, 15) is 14.9 Å². The maximum atomic E-state index is 12.7. The fraction of sp³-hybridized carbons (Fsp3) is 0.200. The molecule has 1 atom stereocenters. The fourth-order valence-electron chi connectivity index (χ4n) is 2.94. The van der Waals surface area contributed by atoms with E-state index in [1.807, 2.05) is 7.05 Å². The van der Waals surface area contributed by atoms with Gasteiger partial charge in [0.05, 0.1) is 19.1 Å². The van der Waals surface area contributed by atoms with Crippen molar-refractivity contribution in [3.63, 3.8) is 0 Å². The fourth-order valence-corrected chi connectivity index (χ4v) is 2.94. The summed E-state index contributed by atoms with van der Waals surface area (Å²) in [6, 6.07) is 9.78. The summed E-state index contributed by atoms with van der Waals surface area (Å²) in [4.78, 5) is 27.5. The Kier molecular flexibility index (Phi) is 6.16. The second-order valence-corrected chi connectivity index (χ2v) is 6.38. The van der Waals surface area contributed by atoms with Crippen LogP contribution in [0.2, 0.25) is 0 Å². The SMILES string of the molecule is COc1cc(OC)cc([C@@H](NC(=O)Nc2cccc([N+](=O)[O-])c2)c2nccn2C)c1. The van der Waals surface area contributed by atoms with Gasteiger partial charge < -0.3 is 24.7 Å². The van der Waals surface area contributed by atoms with Crippen molar-refractivity contribution < 1.29 is 19.2 Å². The number of carbonyl (C=O) groups excluding carboxylic acids is 1. The number of benzene rings is 2. The van der Waals surface area contributed by atoms with E-state index in [1.54, 1.807) is 41.2 Å². The molecule has 156 valence electrons. The Labute approximate surface area is 172 Å². The molecule has 10 nitrogen and oxygen atoms in total. The van der Waals surface area contributed by atoms with Crippen molar-refractivity contribution >= 4 is 17.4 Å². The number of hydrogen-bond donors (Lipinski definition) is 2. The van der Waals surface area contributed by atoms with Crippen molar-refractivity contribution in [2.75, 3.05) is 19.5 Å². The van der Waals surface area contributed by atoms with Gasteiger partial charge in [0.25, 0.3) is 5.69 Å². The van der Waals surface area contributed by atoms with Gasteiger partial charge in [-0.15, -0.1) is 0 Å². The molecule has 1 aromatic heterocycles. The Balaban J connectivity index is 1.91. The van der Waals surface area contributed by atoms with Gasteiger partial charge in [0.15, 0.2) is 0 Å². The van der Waals surface area contributed by atoms with E-state index < -0.39 is 17.0 Å². The zero-order valence-corrected chi connectivity index (χ0v) is 16.7. The largest absolute Gasteiger partial charge is 0.497 e. The van der Waals surface area contributed by atoms with Gasteiger partial charge in [-0.2, -0.15) is 0 Å². The minimum Gasteiger partial charge on any atom is -0.497 e. The maximum Gasteiger partial charge on any atom is 0.320 e. The molecular formula is C20H21N5O5. The van der Waals surface area contributed by atoms with Crippen molar-refractivity contribution in [3.05, 3.63) is 76.4 Å². The molecule has 0 aliphatic carbocycles. The third kappa shape index (κ3) is 4.66. The molecule has 0 fully saturated rings. The Morgan fingerprint density at radius 1 is 1.17 bits per heavy atom. The van der Waals surface area contributed by atoms with Crippen LogP contribution in [0.15, 0.2) is 54.9 Å². The zero-order valence-electron chi connectivity index (χ0n) is 16.7. The van der Waals surface area contributed by atoms with Crippen LogP contribution >= 0.6 is 0 Å². The number of aryl methyl sites for hydroxylation is 1. The summed E-state index contributed by atoms with van der Waals surface area (Å²) in [6.07, 6.45) is 3.39. The minimum atomic E-state index is -0.632. The highest BCUT2D eigenvalue weighted by Gasteiger charge is 2.22. The minimum absolute atomic E-state index is 0.119. The first kappa shape index (κ1) is 20.6. The molecule has 0 unspecified atom stereocenters. The summed E-state index contributed by atoms with van der Waals surface area (Å²) >= 11 is 0. The van der Waals surface area contributed by atoms with Gasteiger partial charge in [0, 0.05) is 43.3 Å². The average molecular weight is 411 g/mol. The van der Waals surface area contributed by atoms with Crippen LogP contribution in [-0.2, 0) is 7.05 Å². The molecule has 2 aromatic carbocycles. The molecule has 0 saturated heterocycles. The number of amides is 2. The van der Waals surface area contributed by atoms with Crippen LogP contribution in [0.5, 0.6) is 11.5 Å². The summed E-state index contributed by atoms with van der Waals surface area (Å²) < 4.78 is 12.4. The average Bonchev–Trinajstić information content (AvgIpc) is 3.17. The first-order valence-electron chi connectivity index (χ1n) is 8.93. The summed E-state index contributed by atoms with van der Waals surface area (Å²) in [6.45, 7) is 0. The van der Waals surface area contributed by atoms with Crippen LogP contribution in [0.4, 0.5) is 16.2 Å². The number of methoxy groups -OCH3 is 2. The molecule has 3 rings (SSSR count). The molecular weight excluding hydrogens is 390 g/mol. The van der Waals surface area contributed by atoms with E-state index in [2.05, 4.69) is 15.6 Å². The van der Waals surface area contributed by atoms with E-state index in [0.29, 0.717) is 28.6 Å². The van der Waals surface area contributed by atoms with Crippen molar-refractivity contribution in [1.82, 2.24) is 14.9 Å². The number of carbonyl (C=O) groups is 1. The van der Waals surface area contributed by atoms with E-state index in [-0.39, 0.29) is 5.69 Å². The number of ether oxygens (including phenoxy) is 2. The van der Waals surface area contributed by atoms with Crippen LogP contribution in [-0.4, -0.2) is 34.7 Å². The summed E-state index contributed by atoms with van der Waals surface area (Å²) in [5, 5.41) is 16.4. The normalized spacial score (nSPS) is 11.4. The molecule has 0 saturated carbocycles. The van der Waals surface area contributed by atoms with E-state index in [1.165, 1.54) is 32.4 Å². The second kappa shape index (κ2) is 8.95. The third-order valence-corrected chi connectivity index (χ3v) is 4.41. The highest BCUT2D eigenvalue weighted by molar-refractivity contribution is 5.90. The number of hydrogen-bond acceptors (Lipinski definition) is 6. The molecule has 0 spiro atoms. The molecule has 0 aliphatic rings. The first-order chi connectivity index (χ1) is 14.4.